The summed E-state index contributed by atoms with van der Waals surface area (Å²) in [6, 6.07) is 7.20. The lowest BCUT2D eigenvalue weighted by molar-refractivity contribution is -0.219. The minimum absolute atomic E-state index is 0.113. The molecule has 1 aromatic carbocycles. The Labute approximate surface area is 231 Å². The van der Waals surface area contributed by atoms with Gasteiger partial charge in [0.1, 0.15) is 30.1 Å². The van der Waals surface area contributed by atoms with Gasteiger partial charge in [-0.1, -0.05) is 12.1 Å². The molecule has 216 valence electrons. The molecule has 8 nitrogen and oxygen atoms in total. The molecule has 1 unspecified atom stereocenters. The lowest BCUT2D eigenvalue weighted by Gasteiger charge is -2.40. The Morgan fingerprint density at radius 1 is 1.15 bits per heavy atom. The Hall–Kier alpha value is -2.89. The second-order valence-corrected chi connectivity index (χ2v) is 11.4. The zero-order chi connectivity index (χ0) is 27.9. The van der Waals surface area contributed by atoms with Crippen molar-refractivity contribution in [2.45, 2.75) is 75.4 Å². The lowest BCUT2D eigenvalue weighted by Crippen LogP contribution is -2.49. The van der Waals surface area contributed by atoms with Crippen LogP contribution in [0.2, 0.25) is 0 Å². The van der Waals surface area contributed by atoms with E-state index < -0.39 is 18.3 Å². The van der Waals surface area contributed by atoms with Crippen LogP contribution in [0.4, 0.5) is 19.0 Å². The summed E-state index contributed by atoms with van der Waals surface area (Å²) in [6.07, 6.45) is 2.69. The molecule has 3 atom stereocenters. The highest BCUT2D eigenvalue weighted by molar-refractivity contribution is 6.00. The summed E-state index contributed by atoms with van der Waals surface area (Å²) in [5.74, 6) is 1.41. The van der Waals surface area contributed by atoms with E-state index in [9.17, 15) is 18.3 Å². The number of halogens is 3. The molecular weight excluding hydrogens is 523 g/mol. The van der Waals surface area contributed by atoms with Gasteiger partial charge in [0.2, 0.25) is 0 Å². The third-order valence-electron chi connectivity index (χ3n) is 8.70. The van der Waals surface area contributed by atoms with Crippen molar-refractivity contribution < 1.29 is 27.8 Å². The normalized spacial score (nSPS) is 26.6. The fourth-order valence-corrected chi connectivity index (χ4v) is 6.55. The molecule has 2 aromatic heterocycles. The van der Waals surface area contributed by atoms with Crippen LogP contribution in [0.25, 0.3) is 22.2 Å². The summed E-state index contributed by atoms with van der Waals surface area (Å²) in [7, 11) is 0. The van der Waals surface area contributed by atoms with Crippen molar-refractivity contribution in [1.82, 2.24) is 19.4 Å². The molecular formula is C29H36F3N5O3. The summed E-state index contributed by atoms with van der Waals surface area (Å²) >= 11 is 0. The summed E-state index contributed by atoms with van der Waals surface area (Å²) in [5, 5.41) is 10.6. The molecule has 1 saturated carbocycles. The number of aliphatic hydroxyl groups is 1. The largest absolute Gasteiger partial charge is 0.491 e. The van der Waals surface area contributed by atoms with Crippen molar-refractivity contribution in [2.24, 2.45) is 5.92 Å². The number of hydrogen-bond acceptors (Lipinski definition) is 7. The number of fused-ring (bicyclic) bond motifs is 1. The lowest BCUT2D eigenvalue weighted by atomic mass is 9.79. The van der Waals surface area contributed by atoms with Gasteiger partial charge in [0, 0.05) is 37.0 Å². The standard InChI is InChI=1S/C29H36F3N5O3/c30-29(31,32)26(38)24-8-4-9-36(24)14-18-11-20(12-18)37-15-23(25-27(33)34-17-35-28(25)37)19-5-3-7-21(13-19)40-16-22-6-1-2-10-39-22/h3,5,7,13,15,17-18,20,22,24,26,38H,1-2,4,6,8-12,14,16H2,(H2,33,34,35)/t18?,20?,22?,24-,26-/m0/s1. The number of anilines is 1. The number of hydrogen-bond donors (Lipinski definition) is 2. The summed E-state index contributed by atoms with van der Waals surface area (Å²) in [6.45, 7) is 2.44. The second kappa shape index (κ2) is 11.2. The highest BCUT2D eigenvalue weighted by Gasteiger charge is 2.48. The van der Waals surface area contributed by atoms with Gasteiger partial charge in [0.05, 0.1) is 11.5 Å². The maximum absolute atomic E-state index is 13.2. The van der Waals surface area contributed by atoms with Crippen LogP contribution in [0.15, 0.2) is 36.8 Å². The first-order valence-electron chi connectivity index (χ1n) is 14.2. The van der Waals surface area contributed by atoms with Gasteiger partial charge in [-0.05, 0) is 75.1 Å². The highest BCUT2D eigenvalue weighted by atomic mass is 19.4. The molecule has 3 aromatic rings. The zero-order valence-electron chi connectivity index (χ0n) is 22.4. The molecule has 2 saturated heterocycles. The molecule has 0 spiro atoms. The Bertz CT molecular complexity index is 1320. The van der Waals surface area contributed by atoms with Crippen LogP contribution in [0.3, 0.4) is 0 Å². The summed E-state index contributed by atoms with van der Waals surface area (Å²) in [5.41, 5.74) is 8.96. The topological polar surface area (TPSA) is 98.7 Å². The van der Waals surface area contributed by atoms with E-state index in [1.54, 1.807) is 0 Å². The maximum atomic E-state index is 13.2. The molecule has 3 N–H and O–H groups in total. The van der Waals surface area contributed by atoms with Gasteiger partial charge in [0.25, 0.3) is 0 Å². The molecule has 6 rings (SSSR count). The van der Waals surface area contributed by atoms with Crippen LogP contribution in [0, 0.1) is 5.92 Å². The third-order valence-corrected chi connectivity index (χ3v) is 8.70. The number of nitrogens with zero attached hydrogens (tertiary/aromatic N) is 4. The summed E-state index contributed by atoms with van der Waals surface area (Å²) in [4.78, 5) is 10.6. The van der Waals surface area contributed by atoms with Crippen molar-refractivity contribution in [3.8, 4) is 16.9 Å². The van der Waals surface area contributed by atoms with Crippen LogP contribution < -0.4 is 10.5 Å². The van der Waals surface area contributed by atoms with Gasteiger partial charge in [-0.25, -0.2) is 9.97 Å². The zero-order valence-corrected chi connectivity index (χ0v) is 22.4. The number of rotatable bonds is 8. The van der Waals surface area contributed by atoms with E-state index in [2.05, 4.69) is 20.7 Å². The first-order chi connectivity index (χ1) is 19.3. The average molecular weight is 560 g/mol. The average Bonchev–Trinajstić information content (AvgIpc) is 3.54. The summed E-state index contributed by atoms with van der Waals surface area (Å²) < 4.78 is 53.5. The van der Waals surface area contributed by atoms with E-state index in [4.69, 9.17) is 15.2 Å². The van der Waals surface area contributed by atoms with Gasteiger partial charge >= 0.3 is 6.18 Å². The van der Waals surface area contributed by atoms with Crippen LogP contribution >= 0.6 is 0 Å². The second-order valence-electron chi connectivity index (χ2n) is 11.4. The van der Waals surface area contributed by atoms with Crippen molar-refractivity contribution in [3.05, 3.63) is 36.8 Å². The molecule has 40 heavy (non-hydrogen) atoms. The number of ether oxygens (including phenoxy) is 2. The van der Waals surface area contributed by atoms with Crippen molar-refractivity contribution in [2.75, 3.05) is 32.0 Å². The molecule has 2 aliphatic heterocycles. The maximum Gasteiger partial charge on any atom is 0.415 e. The third kappa shape index (κ3) is 5.51. The number of nitrogen functional groups attached to an aromatic ring is 1. The van der Waals surface area contributed by atoms with E-state index in [1.165, 1.54) is 6.33 Å². The fraction of sp³-hybridized carbons (Fsp3) is 0.586. The van der Waals surface area contributed by atoms with Crippen LogP contribution in [0.1, 0.15) is 51.0 Å². The SMILES string of the molecule is Nc1ncnc2c1c(-c1cccc(OCC3CCCCO3)c1)cn2C1CC(CN2CCC[C@H]2[C@H](O)C(F)(F)F)C1. The Balaban J connectivity index is 1.17. The van der Waals surface area contributed by atoms with Crippen molar-refractivity contribution >= 4 is 16.9 Å². The van der Waals surface area contributed by atoms with Gasteiger partial charge in [-0.15, -0.1) is 0 Å². The van der Waals surface area contributed by atoms with Crippen molar-refractivity contribution in [1.29, 1.82) is 0 Å². The Morgan fingerprint density at radius 3 is 2.77 bits per heavy atom. The predicted octanol–water partition coefficient (Wildman–Crippen LogP) is 4.97. The van der Waals surface area contributed by atoms with Crippen LogP contribution in [-0.2, 0) is 4.74 Å². The molecule has 0 radical (unpaired) electrons. The molecule has 0 amide bonds. The van der Waals surface area contributed by atoms with Gasteiger partial charge in [0.15, 0.2) is 6.10 Å². The van der Waals surface area contributed by atoms with E-state index in [0.29, 0.717) is 38.4 Å². The quantitative estimate of drug-likeness (QED) is 0.402. The van der Waals surface area contributed by atoms with Gasteiger partial charge in [-0.2, -0.15) is 13.2 Å². The van der Waals surface area contributed by atoms with Crippen LogP contribution in [-0.4, -0.2) is 75.3 Å². The van der Waals surface area contributed by atoms with Gasteiger partial charge in [-0.3, -0.25) is 4.90 Å². The van der Waals surface area contributed by atoms with E-state index >= 15 is 0 Å². The monoisotopic (exact) mass is 559 g/mol. The Morgan fingerprint density at radius 2 is 2.00 bits per heavy atom. The highest BCUT2D eigenvalue weighted by Crippen LogP contribution is 2.44. The first-order valence-corrected chi connectivity index (χ1v) is 14.2. The smallest absolute Gasteiger partial charge is 0.415 e. The minimum Gasteiger partial charge on any atom is -0.491 e. The fourth-order valence-electron chi connectivity index (χ4n) is 6.55. The van der Waals surface area contributed by atoms with E-state index in [0.717, 1.165) is 66.6 Å². The van der Waals surface area contributed by atoms with Crippen LogP contribution in [0.5, 0.6) is 5.75 Å². The van der Waals surface area contributed by atoms with Gasteiger partial charge < -0.3 is 24.9 Å². The van der Waals surface area contributed by atoms with E-state index in [1.807, 2.05) is 29.2 Å². The molecule has 1 aliphatic carbocycles. The number of aliphatic hydroxyl groups excluding tert-OH is 1. The first kappa shape index (κ1) is 27.3. The number of alkyl halides is 3. The molecule has 0 bridgehead atoms. The number of nitrogens with two attached hydrogens (primary N) is 1. The molecule has 4 heterocycles. The predicted molar refractivity (Wildman–Crippen MR) is 145 cm³/mol. The number of aromatic nitrogens is 3. The number of benzene rings is 1. The minimum atomic E-state index is -4.60. The van der Waals surface area contributed by atoms with E-state index in [-0.39, 0.29) is 18.1 Å². The molecule has 3 fully saturated rings. The molecule has 3 aliphatic rings. The Kier molecular flexibility index (Phi) is 7.62. The van der Waals surface area contributed by atoms with Crippen molar-refractivity contribution in [3.63, 3.8) is 0 Å². The number of likely N-dealkylation sites (tertiary alicyclic amines) is 1. The molecule has 11 heteroatoms.